The van der Waals surface area contributed by atoms with Gasteiger partial charge in [0.05, 0.1) is 12.5 Å². The minimum absolute atomic E-state index is 0.0160. The summed E-state index contributed by atoms with van der Waals surface area (Å²) in [4.78, 5) is 11.5. The lowest BCUT2D eigenvalue weighted by Crippen LogP contribution is -2.39. The highest BCUT2D eigenvalue weighted by Gasteiger charge is 2.27. The summed E-state index contributed by atoms with van der Waals surface area (Å²) in [6.45, 7) is 8.21. The van der Waals surface area contributed by atoms with Gasteiger partial charge in [-0.3, -0.25) is 4.79 Å². The largest absolute Gasteiger partial charge is 0.466 e. The molecule has 0 amide bonds. The molecule has 1 rings (SSSR count). The van der Waals surface area contributed by atoms with Gasteiger partial charge in [-0.05, 0) is 39.5 Å². The molecular weight excluding hydrogens is 202 g/mol. The second-order valence-corrected chi connectivity index (χ2v) is 4.49. The van der Waals surface area contributed by atoms with Crippen LogP contribution in [0.25, 0.3) is 0 Å². The highest BCUT2D eigenvalue weighted by Crippen LogP contribution is 2.25. The number of carbonyl (C=O) groups is 1. The van der Waals surface area contributed by atoms with Crippen molar-refractivity contribution in [1.82, 2.24) is 5.32 Å². The first-order valence-corrected chi connectivity index (χ1v) is 6.22. The predicted molar refractivity (Wildman–Crippen MR) is 65.2 cm³/mol. The maximum Gasteiger partial charge on any atom is 0.308 e. The fourth-order valence-electron chi connectivity index (χ4n) is 2.20. The molecule has 1 saturated carbocycles. The summed E-state index contributed by atoms with van der Waals surface area (Å²) in [5.41, 5.74) is 0. The molecule has 0 bridgehead atoms. The molecule has 0 heterocycles. The quantitative estimate of drug-likeness (QED) is 0.576. The van der Waals surface area contributed by atoms with Gasteiger partial charge in [-0.15, -0.1) is 6.58 Å². The summed E-state index contributed by atoms with van der Waals surface area (Å²) in [6.07, 6.45) is 5.92. The van der Waals surface area contributed by atoms with Crippen LogP contribution >= 0.6 is 0 Å². The Balaban J connectivity index is 2.28. The van der Waals surface area contributed by atoms with Crippen LogP contribution in [0.3, 0.4) is 0 Å². The smallest absolute Gasteiger partial charge is 0.308 e. The molecule has 92 valence electrons. The van der Waals surface area contributed by atoms with Crippen LogP contribution in [0, 0.1) is 5.92 Å². The molecule has 3 heteroatoms. The summed E-state index contributed by atoms with van der Waals surface area (Å²) in [5.74, 6) is 0.106. The first-order valence-electron chi connectivity index (χ1n) is 6.22. The Kier molecular flexibility index (Phi) is 5.53. The van der Waals surface area contributed by atoms with Gasteiger partial charge in [0.25, 0.3) is 0 Å². The summed E-state index contributed by atoms with van der Waals surface area (Å²) in [6, 6.07) is 0.878. The van der Waals surface area contributed by atoms with Crippen LogP contribution in [0.5, 0.6) is 0 Å². The van der Waals surface area contributed by atoms with E-state index in [4.69, 9.17) is 4.74 Å². The van der Waals surface area contributed by atoms with Gasteiger partial charge in [0.15, 0.2) is 0 Å². The fourth-order valence-corrected chi connectivity index (χ4v) is 2.20. The van der Waals surface area contributed by atoms with E-state index in [1.165, 1.54) is 0 Å². The van der Waals surface area contributed by atoms with Gasteiger partial charge in [-0.1, -0.05) is 6.08 Å². The molecule has 16 heavy (non-hydrogen) atoms. The number of esters is 1. The number of ether oxygens (including phenoxy) is 1. The average Bonchev–Trinajstić information content (AvgIpc) is 2.30. The topological polar surface area (TPSA) is 38.3 Å². The molecular formula is C13H23NO2. The summed E-state index contributed by atoms with van der Waals surface area (Å²) in [5, 5.41) is 3.49. The average molecular weight is 225 g/mol. The lowest BCUT2D eigenvalue weighted by atomic mass is 9.86. The zero-order chi connectivity index (χ0) is 12.0. The highest BCUT2D eigenvalue weighted by molar-refractivity contribution is 5.72. The molecule has 0 aromatic rings. The third-order valence-electron chi connectivity index (χ3n) is 3.20. The molecule has 1 atom stereocenters. The first-order chi connectivity index (χ1) is 7.67. The Labute approximate surface area is 98.2 Å². The van der Waals surface area contributed by atoms with Gasteiger partial charge < -0.3 is 10.1 Å². The third kappa shape index (κ3) is 3.97. The van der Waals surface area contributed by atoms with Crippen molar-refractivity contribution in [2.24, 2.45) is 5.92 Å². The van der Waals surface area contributed by atoms with Crippen molar-refractivity contribution in [1.29, 1.82) is 0 Å². The van der Waals surface area contributed by atoms with Crippen molar-refractivity contribution in [3.8, 4) is 0 Å². The van der Waals surface area contributed by atoms with Crippen molar-refractivity contribution >= 4 is 5.97 Å². The first kappa shape index (κ1) is 13.2. The van der Waals surface area contributed by atoms with Gasteiger partial charge in [0.2, 0.25) is 0 Å². The van der Waals surface area contributed by atoms with Gasteiger partial charge in [0.1, 0.15) is 0 Å². The molecule has 3 nitrogen and oxygen atoms in total. The molecule has 1 aliphatic rings. The molecule has 0 radical (unpaired) electrons. The molecule has 1 fully saturated rings. The Morgan fingerprint density at radius 2 is 2.12 bits per heavy atom. The van der Waals surface area contributed by atoms with Crippen LogP contribution in [0.2, 0.25) is 0 Å². The van der Waals surface area contributed by atoms with Crippen molar-refractivity contribution in [2.75, 3.05) is 6.61 Å². The molecule has 0 aromatic carbocycles. The number of carbonyl (C=O) groups excluding carboxylic acids is 1. The van der Waals surface area contributed by atoms with E-state index in [0.717, 1.165) is 25.7 Å². The van der Waals surface area contributed by atoms with Crippen LogP contribution in [-0.2, 0) is 9.53 Å². The van der Waals surface area contributed by atoms with Crippen LogP contribution in [-0.4, -0.2) is 24.7 Å². The van der Waals surface area contributed by atoms with Crippen molar-refractivity contribution in [2.45, 2.75) is 51.6 Å². The van der Waals surface area contributed by atoms with E-state index in [1.54, 1.807) is 0 Å². The normalized spacial score (nSPS) is 27.1. The fraction of sp³-hybridized carbons (Fsp3) is 0.769. The minimum Gasteiger partial charge on any atom is -0.466 e. The Hall–Kier alpha value is -0.830. The maximum absolute atomic E-state index is 11.5. The number of hydrogen-bond donors (Lipinski definition) is 1. The Morgan fingerprint density at radius 3 is 2.62 bits per heavy atom. The molecule has 1 unspecified atom stereocenters. The van der Waals surface area contributed by atoms with E-state index in [1.807, 2.05) is 13.0 Å². The van der Waals surface area contributed by atoms with Gasteiger partial charge >= 0.3 is 5.97 Å². The summed E-state index contributed by atoms with van der Waals surface area (Å²) >= 11 is 0. The van der Waals surface area contributed by atoms with E-state index in [2.05, 4.69) is 18.8 Å². The van der Waals surface area contributed by atoms with E-state index < -0.39 is 0 Å². The lowest BCUT2D eigenvalue weighted by Gasteiger charge is -2.29. The summed E-state index contributed by atoms with van der Waals surface area (Å²) in [7, 11) is 0. The maximum atomic E-state index is 11.5. The van der Waals surface area contributed by atoms with Crippen LogP contribution in [0.4, 0.5) is 0 Å². The summed E-state index contributed by atoms with van der Waals surface area (Å²) < 4.78 is 5.04. The Bertz CT molecular complexity index is 232. The van der Waals surface area contributed by atoms with Gasteiger partial charge in [-0.25, -0.2) is 0 Å². The number of rotatable bonds is 5. The van der Waals surface area contributed by atoms with Crippen LogP contribution in [0.15, 0.2) is 12.7 Å². The van der Waals surface area contributed by atoms with Crippen molar-refractivity contribution in [3.63, 3.8) is 0 Å². The lowest BCUT2D eigenvalue weighted by molar-refractivity contribution is -0.149. The molecule has 0 spiro atoms. The van der Waals surface area contributed by atoms with Gasteiger partial charge in [0, 0.05) is 12.1 Å². The van der Waals surface area contributed by atoms with Crippen molar-refractivity contribution in [3.05, 3.63) is 12.7 Å². The zero-order valence-electron chi connectivity index (χ0n) is 10.4. The SMILES string of the molecule is C=CC(C)NC1CCC(C(=O)OCC)CC1. The van der Waals surface area contributed by atoms with E-state index in [9.17, 15) is 4.79 Å². The number of nitrogens with one attached hydrogen (secondary N) is 1. The Morgan fingerprint density at radius 1 is 1.50 bits per heavy atom. The van der Waals surface area contributed by atoms with Crippen LogP contribution < -0.4 is 5.32 Å². The standard InChI is InChI=1S/C13H23NO2/c1-4-10(3)14-12-8-6-11(7-9-12)13(15)16-5-2/h4,10-12,14H,1,5-9H2,2-3H3. The third-order valence-corrected chi connectivity index (χ3v) is 3.20. The second-order valence-electron chi connectivity index (χ2n) is 4.49. The van der Waals surface area contributed by atoms with Crippen LogP contribution in [0.1, 0.15) is 39.5 Å². The monoisotopic (exact) mass is 225 g/mol. The molecule has 0 aromatic heterocycles. The zero-order valence-corrected chi connectivity index (χ0v) is 10.4. The molecule has 1 N–H and O–H groups in total. The second kappa shape index (κ2) is 6.69. The van der Waals surface area contributed by atoms with E-state index >= 15 is 0 Å². The van der Waals surface area contributed by atoms with Crippen molar-refractivity contribution < 1.29 is 9.53 Å². The van der Waals surface area contributed by atoms with E-state index in [0.29, 0.717) is 18.7 Å². The highest BCUT2D eigenvalue weighted by atomic mass is 16.5. The molecule has 1 aliphatic carbocycles. The van der Waals surface area contributed by atoms with E-state index in [-0.39, 0.29) is 11.9 Å². The predicted octanol–water partition coefficient (Wildman–Crippen LogP) is 2.27. The molecule has 0 aliphatic heterocycles. The minimum atomic E-state index is -0.0160. The van der Waals surface area contributed by atoms with Gasteiger partial charge in [-0.2, -0.15) is 0 Å². The molecule has 0 saturated heterocycles. The number of hydrogen-bond acceptors (Lipinski definition) is 3.